The summed E-state index contributed by atoms with van der Waals surface area (Å²) in [6.07, 6.45) is 4.88. The molecule has 2 fully saturated rings. The van der Waals surface area contributed by atoms with Crippen LogP contribution in [0.4, 0.5) is 0 Å². The monoisotopic (exact) mass is 244 g/mol. The van der Waals surface area contributed by atoms with E-state index in [-0.39, 0.29) is 5.91 Å². The molecule has 0 aliphatic heterocycles. The molecular weight excluding hydrogens is 224 g/mol. The van der Waals surface area contributed by atoms with Crippen molar-refractivity contribution < 1.29 is 4.79 Å². The lowest BCUT2D eigenvalue weighted by atomic mass is 9.98. The van der Waals surface area contributed by atoms with Crippen molar-refractivity contribution in [2.75, 3.05) is 0 Å². The van der Waals surface area contributed by atoms with Gasteiger partial charge in [0.15, 0.2) is 0 Å². The SMILES string of the molecule is NC1(C(=O)NC2CC2c2ccccc2)CCCC1. The molecule has 96 valence electrons. The molecule has 2 saturated carbocycles. The zero-order chi connectivity index (χ0) is 12.6. The molecule has 1 aromatic rings. The van der Waals surface area contributed by atoms with E-state index in [2.05, 4.69) is 17.4 Å². The molecule has 3 nitrogen and oxygen atoms in total. The average Bonchev–Trinajstić information content (AvgIpc) is 3.01. The van der Waals surface area contributed by atoms with Gasteiger partial charge in [0, 0.05) is 12.0 Å². The summed E-state index contributed by atoms with van der Waals surface area (Å²) in [5.41, 5.74) is 6.88. The molecule has 0 spiro atoms. The third-order valence-corrected chi connectivity index (χ3v) is 4.28. The quantitative estimate of drug-likeness (QED) is 0.853. The van der Waals surface area contributed by atoms with Gasteiger partial charge >= 0.3 is 0 Å². The van der Waals surface area contributed by atoms with Crippen molar-refractivity contribution >= 4 is 5.91 Å². The minimum absolute atomic E-state index is 0.0587. The zero-order valence-corrected chi connectivity index (χ0v) is 10.6. The minimum atomic E-state index is -0.593. The van der Waals surface area contributed by atoms with Gasteiger partial charge in [-0.2, -0.15) is 0 Å². The first kappa shape index (κ1) is 11.7. The summed E-state index contributed by atoms with van der Waals surface area (Å²) in [5.74, 6) is 0.545. The van der Waals surface area contributed by atoms with Crippen molar-refractivity contribution in [3.05, 3.63) is 35.9 Å². The molecule has 3 rings (SSSR count). The van der Waals surface area contributed by atoms with E-state index < -0.39 is 5.54 Å². The van der Waals surface area contributed by atoms with Gasteiger partial charge in [-0.25, -0.2) is 0 Å². The molecule has 0 aromatic heterocycles. The van der Waals surface area contributed by atoms with Crippen molar-refractivity contribution in [2.45, 2.75) is 49.6 Å². The van der Waals surface area contributed by atoms with Crippen LogP contribution in [-0.4, -0.2) is 17.5 Å². The number of amides is 1. The summed E-state index contributed by atoms with van der Waals surface area (Å²) in [7, 11) is 0. The second-order valence-corrected chi connectivity index (χ2v) is 5.70. The van der Waals surface area contributed by atoms with Gasteiger partial charge in [0.05, 0.1) is 5.54 Å². The fourth-order valence-electron chi connectivity index (χ4n) is 2.97. The van der Waals surface area contributed by atoms with E-state index in [0.29, 0.717) is 12.0 Å². The number of rotatable bonds is 3. The molecule has 0 radical (unpaired) electrons. The topological polar surface area (TPSA) is 55.1 Å². The van der Waals surface area contributed by atoms with Crippen molar-refractivity contribution in [2.24, 2.45) is 5.73 Å². The smallest absolute Gasteiger partial charge is 0.240 e. The summed E-state index contributed by atoms with van der Waals surface area (Å²) in [4.78, 5) is 12.2. The van der Waals surface area contributed by atoms with Crippen LogP contribution in [0.25, 0.3) is 0 Å². The Kier molecular flexibility index (Phi) is 2.86. The first-order valence-electron chi connectivity index (χ1n) is 6.84. The van der Waals surface area contributed by atoms with Gasteiger partial charge in [-0.15, -0.1) is 0 Å². The number of hydrogen-bond acceptors (Lipinski definition) is 2. The lowest BCUT2D eigenvalue weighted by Crippen LogP contribution is -2.52. The third kappa shape index (κ3) is 2.15. The lowest BCUT2D eigenvalue weighted by Gasteiger charge is -2.22. The number of benzene rings is 1. The van der Waals surface area contributed by atoms with Crippen molar-refractivity contribution in [1.29, 1.82) is 0 Å². The molecule has 1 aromatic carbocycles. The Morgan fingerprint density at radius 2 is 1.89 bits per heavy atom. The zero-order valence-electron chi connectivity index (χ0n) is 10.6. The van der Waals surface area contributed by atoms with Crippen LogP contribution in [0.3, 0.4) is 0 Å². The molecule has 3 heteroatoms. The third-order valence-electron chi connectivity index (χ3n) is 4.28. The second-order valence-electron chi connectivity index (χ2n) is 5.70. The van der Waals surface area contributed by atoms with Crippen LogP contribution in [0.15, 0.2) is 30.3 Å². The Labute approximate surface area is 108 Å². The Morgan fingerprint density at radius 1 is 1.22 bits per heavy atom. The summed E-state index contributed by atoms with van der Waals surface area (Å²) in [5, 5.41) is 3.12. The van der Waals surface area contributed by atoms with Crippen LogP contribution in [0.1, 0.15) is 43.6 Å². The predicted octanol–water partition coefficient (Wildman–Crippen LogP) is 1.93. The fraction of sp³-hybridized carbons (Fsp3) is 0.533. The Balaban J connectivity index is 1.58. The van der Waals surface area contributed by atoms with Crippen molar-refractivity contribution in [1.82, 2.24) is 5.32 Å². The van der Waals surface area contributed by atoms with Gasteiger partial charge in [0.25, 0.3) is 0 Å². The van der Waals surface area contributed by atoms with E-state index in [4.69, 9.17) is 5.73 Å². The molecular formula is C15H20N2O. The van der Waals surface area contributed by atoms with Gasteiger partial charge in [-0.1, -0.05) is 43.2 Å². The van der Waals surface area contributed by atoms with Gasteiger partial charge < -0.3 is 11.1 Å². The number of nitrogens with two attached hydrogens (primary N) is 1. The van der Waals surface area contributed by atoms with Crippen LogP contribution in [-0.2, 0) is 4.79 Å². The largest absolute Gasteiger partial charge is 0.351 e. The first-order chi connectivity index (χ1) is 8.69. The average molecular weight is 244 g/mol. The molecule has 18 heavy (non-hydrogen) atoms. The molecule has 1 amide bonds. The number of carbonyl (C=O) groups excluding carboxylic acids is 1. The van der Waals surface area contributed by atoms with E-state index in [1.807, 2.05) is 18.2 Å². The molecule has 2 atom stereocenters. The number of nitrogens with one attached hydrogen (secondary N) is 1. The number of carbonyl (C=O) groups is 1. The van der Waals surface area contributed by atoms with Crippen LogP contribution < -0.4 is 11.1 Å². The Morgan fingerprint density at radius 3 is 2.56 bits per heavy atom. The summed E-state index contributed by atoms with van der Waals surface area (Å²) in [6, 6.07) is 10.7. The predicted molar refractivity (Wildman–Crippen MR) is 71.1 cm³/mol. The lowest BCUT2D eigenvalue weighted by molar-refractivity contribution is -0.126. The molecule has 2 aliphatic rings. The van der Waals surface area contributed by atoms with Gasteiger partial charge in [-0.05, 0) is 24.8 Å². The Hall–Kier alpha value is -1.35. The van der Waals surface area contributed by atoms with Crippen LogP contribution in [0, 0.1) is 0 Å². The fourth-order valence-corrected chi connectivity index (χ4v) is 2.97. The first-order valence-corrected chi connectivity index (χ1v) is 6.84. The molecule has 0 heterocycles. The maximum atomic E-state index is 12.2. The van der Waals surface area contributed by atoms with Gasteiger partial charge in [0.1, 0.15) is 0 Å². The van der Waals surface area contributed by atoms with Crippen LogP contribution >= 0.6 is 0 Å². The highest BCUT2D eigenvalue weighted by Gasteiger charge is 2.44. The second kappa shape index (κ2) is 4.39. The van der Waals surface area contributed by atoms with Crippen LogP contribution in [0.5, 0.6) is 0 Å². The normalized spacial score (nSPS) is 28.9. The molecule has 0 saturated heterocycles. The van der Waals surface area contributed by atoms with Crippen LogP contribution in [0.2, 0.25) is 0 Å². The number of hydrogen-bond donors (Lipinski definition) is 2. The van der Waals surface area contributed by atoms with E-state index in [1.165, 1.54) is 5.56 Å². The molecule has 2 aliphatic carbocycles. The molecule has 3 N–H and O–H groups in total. The van der Waals surface area contributed by atoms with Crippen molar-refractivity contribution in [3.63, 3.8) is 0 Å². The highest BCUT2D eigenvalue weighted by Crippen LogP contribution is 2.41. The highest BCUT2D eigenvalue weighted by atomic mass is 16.2. The van der Waals surface area contributed by atoms with Gasteiger partial charge in [-0.3, -0.25) is 4.79 Å². The van der Waals surface area contributed by atoms with Crippen molar-refractivity contribution in [3.8, 4) is 0 Å². The van der Waals surface area contributed by atoms with E-state index in [9.17, 15) is 4.79 Å². The van der Waals surface area contributed by atoms with Gasteiger partial charge in [0.2, 0.25) is 5.91 Å². The van der Waals surface area contributed by atoms with E-state index in [1.54, 1.807) is 0 Å². The van der Waals surface area contributed by atoms with E-state index in [0.717, 1.165) is 32.1 Å². The van der Waals surface area contributed by atoms with E-state index >= 15 is 0 Å². The maximum Gasteiger partial charge on any atom is 0.240 e. The molecule has 2 unspecified atom stereocenters. The molecule has 0 bridgehead atoms. The minimum Gasteiger partial charge on any atom is -0.351 e. The summed E-state index contributed by atoms with van der Waals surface area (Å²) >= 11 is 0. The Bertz CT molecular complexity index is 437. The summed E-state index contributed by atoms with van der Waals surface area (Å²) < 4.78 is 0. The standard InChI is InChI=1S/C15H20N2O/c16-15(8-4-5-9-15)14(18)17-13-10-12(13)11-6-2-1-3-7-11/h1-3,6-7,12-13H,4-5,8-10,16H2,(H,17,18). The maximum absolute atomic E-state index is 12.2. The summed E-state index contributed by atoms with van der Waals surface area (Å²) in [6.45, 7) is 0. The highest BCUT2D eigenvalue weighted by molar-refractivity contribution is 5.87.